The Bertz CT molecular complexity index is 735. The number of amides is 1. The average molecular weight is 334 g/mol. The first-order valence-corrected chi connectivity index (χ1v) is 7.90. The normalized spacial score (nSPS) is 13.5. The van der Waals surface area contributed by atoms with Crippen molar-refractivity contribution in [2.75, 3.05) is 0 Å². The standard InChI is InChI=1S/C15H22N6O3/c1-5-14(20-8-12(7-16-20)21(23)24)15(22)17-10(3)13-9-19(6-2)18-11(13)4/h7-10,14H,5-6H2,1-4H3,(H,17,22). The predicted octanol–water partition coefficient (Wildman–Crippen LogP) is 2.14. The summed E-state index contributed by atoms with van der Waals surface area (Å²) in [6.07, 6.45) is 4.82. The Morgan fingerprint density at radius 2 is 2.12 bits per heavy atom. The van der Waals surface area contributed by atoms with Crippen molar-refractivity contribution in [3.63, 3.8) is 0 Å². The predicted molar refractivity (Wildman–Crippen MR) is 87.4 cm³/mol. The van der Waals surface area contributed by atoms with Crippen LogP contribution in [-0.4, -0.2) is 30.4 Å². The maximum absolute atomic E-state index is 12.6. The fraction of sp³-hybridized carbons (Fsp3) is 0.533. The maximum Gasteiger partial charge on any atom is 0.307 e. The van der Waals surface area contributed by atoms with Crippen molar-refractivity contribution in [3.8, 4) is 0 Å². The Balaban J connectivity index is 2.13. The molecular formula is C15H22N6O3. The van der Waals surface area contributed by atoms with Crippen LogP contribution >= 0.6 is 0 Å². The number of carbonyl (C=O) groups is 1. The zero-order chi connectivity index (χ0) is 17.9. The number of aryl methyl sites for hydroxylation is 2. The van der Waals surface area contributed by atoms with Crippen molar-refractivity contribution in [1.82, 2.24) is 24.9 Å². The van der Waals surface area contributed by atoms with E-state index >= 15 is 0 Å². The fourth-order valence-electron chi connectivity index (χ4n) is 2.59. The summed E-state index contributed by atoms with van der Waals surface area (Å²) in [5, 5.41) is 22.0. The summed E-state index contributed by atoms with van der Waals surface area (Å²) in [6.45, 7) is 8.38. The Kier molecular flexibility index (Phi) is 5.32. The number of nitro groups is 1. The van der Waals surface area contributed by atoms with Gasteiger partial charge < -0.3 is 5.32 Å². The average Bonchev–Trinajstić information content (AvgIpc) is 3.14. The van der Waals surface area contributed by atoms with Crippen molar-refractivity contribution in [1.29, 1.82) is 0 Å². The van der Waals surface area contributed by atoms with Crippen LogP contribution in [-0.2, 0) is 11.3 Å². The van der Waals surface area contributed by atoms with E-state index in [1.54, 1.807) is 0 Å². The molecule has 9 nitrogen and oxygen atoms in total. The van der Waals surface area contributed by atoms with Gasteiger partial charge in [-0.25, -0.2) is 0 Å². The number of hydrogen-bond acceptors (Lipinski definition) is 5. The second-order valence-corrected chi connectivity index (χ2v) is 5.62. The van der Waals surface area contributed by atoms with Crippen LogP contribution in [0.4, 0.5) is 5.69 Å². The first kappa shape index (κ1) is 17.6. The summed E-state index contributed by atoms with van der Waals surface area (Å²) in [5.41, 5.74) is 1.69. The summed E-state index contributed by atoms with van der Waals surface area (Å²) >= 11 is 0. The number of aromatic nitrogens is 4. The Hall–Kier alpha value is -2.71. The molecule has 2 aromatic rings. The summed E-state index contributed by atoms with van der Waals surface area (Å²) < 4.78 is 3.16. The van der Waals surface area contributed by atoms with E-state index in [2.05, 4.69) is 15.5 Å². The van der Waals surface area contributed by atoms with Crippen molar-refractivity contribution in [2.45, 2.75) is 52.7 Å². The molecule has 2 unspecified atom stereocenters. The van der Waals surface area contributed by atoms with Gasteiger partial charge >= 0.3 is 5.69 Å². The molecular weight excluding hydrogens is 312 g/mol. The lowest BCUT2D eigenvalue weighted by atomic mass is 10.1. The zero-order valence-electron chi connectivity index (χ0n) is 14.3. The van der Waals surface area contributed by atoms with Gasteiger partial charge in [-0.05, 0) is 27.2 Å². The molecule has 0 aliphatic rings. The number of nitrogens with one attached hydrogen (secondary N) is 1. The molecule has 24 heavy (non-hydrogen) atoms. The van der Waals surface area contributed by atoms with Gasteiger partial charge in [-0.3, -0.25) is 24.3 Å². The molecule has 130 valence electrons. The Morgan fingerprint density at radius 1 is 1.42 bits per heavy atom. The molecule has 1 N–H and O–H groups in total. The minimum Gasteiger partial charge on any atom is -0.348 e. The van der Waals surface area contributed by atoms with E-state index in [1.165, 1.54) is 10.9 Å². The molecule has 0 aromatic carbocycles. The van der Waals surface area contributed by atoms with Crippen molar-refractivity contribution >= 4 is 11.6 Å². The van der Waals surface area contributed by atoms with Crippen LogP contribution in [0.1, 0.15) is 50.5 Å². The molecule has 2 rings (SSSR count). The van der Waals surface area contributed by atoms with Gasteiger partial charge in [0.25, 0.3) is 0 Å². The quantitative estimate of drug-likeness (QED) is 0.616. The van der Waals surface area contributed by atoms with Crippen LogP contribution in [0.5, 0.6) is 0 Å². The van der Waals surface area contributed by atoms with Gasteiger partial charge in [-0.15, -0.1) is 0 Å². The Morgan fingerprint density at radius 3 is 2.62 bits per heavy atom. The van der Waals surface area contributed by atoms with Crippen LogP contribution < -0.4 is 5.32 Å². The molecule has 1 amide bonds. The SMILES string of the molecule is CCC(C(=O)NC(C)c1cn(CC)nc1C)n1cc([N+](=O)[O-])cn1. The number of carbonyl (C=O) groups excluding carboxylic acids is 1. The molecule has 0 radical (unpaired) electrons. The molecule has 0 saturated carbocycles. The van der Waals surface area contributed by atoms with Crippen LogP contribution in [0.3, 0.4) is 0 Å². The molecule has 2 aromatic heterocycles. The third-order valence-electron chi connectivity index (χ3n) is 3.94. The number of nitrogens with zero attached hydrogens (tertiary/aromatic N) is 5. The van der Waals surface area contributed by atoms with Crippen molar-refractivity contribution in [2.24, 2.45) is 0 Å². The summed E-state index contributed by atoms with van der Waals surface area (Å²) in [6, 6.07) is -0.805. The first-order valence-electron chi connectivity index (χ1n) is 7.90. The van der Waals surface area contributed by atoms with E-state index in [9.17, 15) is 14.9 Å². The van der Waals surface area contributed by atoms with Crippen molar-refractivity contribution < 1.29 is 9.72 Å². The van der Waals surface area contributed by atoms with E-state index in [1.807, 2.05) is 38.6 Å². The monoisotopic (exact) mass is 334 g/mol. The molecule has 0 aliphatic heterocycles. The third kappa shape index (κ3) is 3.61. The molecule has 0 bridgehead atoms. The highest BCUT2D eigenvalue weighted by molar-refractivity contribution is 5.80. The first-order chi connectivity index (χ1) is 11.4. The van der Waals surface area contributed by atoms with Crippen LogP contribution in [0.2, 0.25) is 0 Å². The molecule has 0 spiro atoms. The van der Waals surface area contributed by atoms with E-state index in [0.717, 1.165) is 24.0 Å². The lowest BCUT2D eigenvalue weighted by molar-refractivity contribution is -0.385. The molecule has 2 heterocycles. The van der Waals surface area contributed by atoms with E-state index in [0.29, 0.717) is 6.42 Å². The maximum atomic E-state index is 12.6. The number of hydrogen-bond donors (Lipinski definition) is 1. The molecule has 0 fully saturated rings. The van der Waals surface area contributed by atoms with Gasteiger partial charge in [0.2, 0.25) is 5.91 Å². The largest absolute Gasteiger partial charge is 0.348 e. The van der Waals surface area contributed by atoms with Gasteiger partial charge in [0.05, 0.1) is 16.7 Å². The lowest BCUT2D eigenvalue weighted by Crippen LogP contribution is -2.34. The fourth-order valence-corrected chi connectivity index (χ4v) is 2.59. The van der Waals surface area contributed by atoms with Gasteiger partial charge in [-0.2, -0.15) is 10.2 Å². The smallest absolute Gasteiger partial charge is 0.307 e. The highest BCUT2D eigenvalue weighted by Gasteiger charge is 2.24. The number of rotatable bonds is 7. The lowest BCUT2D eigenvalue weighted by Gasteiger charge is -2.19. The van der Waals surface area contributed by atoms with Gasteiger partial charge in [-0.1, -0.05) is 6.92 Å². The van der Waals surface area contributed by atoms with Crippen LogP contribution in [0.25, 0.3) is 0 Å². The van der Waals surface area contributed by atoms with Gasteiger partial charge in [0.1, 0.15) is 18.4 Å². The zero-order valence-corrected chi connectivity index (χ0v) is 14.3. The van der Waals surface area contributed by atoms with E-state index < -0.39 is 11.0 Å². The van der Waals surface area contributed by atoms with Crippen molar-refractivity contribution in [3.05, 3.63) is 40.0 Å². The summed E-state index contributed by atoms with van der Waals surface area (Å²) in [4.78, 5) is 22.8. The third-order valence-corrected chi connectivity index (χ3v) is 3.94. The molecule has 2 atom stereocenters. The van der Waals surface area contributed by atoms with Crippen LogP contribution in [0, 0.1) is 17.0 Å². The van der Waals surface area contributed by atoms with Gasteiger partial charge in [0, 0.05) is 18.3 Å². The minimum atomic E-state index is -0.595. The Labute approximate surface area is 139 Å². The van der Waals surface area contributed by atoms with Crippen LogP contribution in [0.15, 0.2) is 18.6 Å². The molecule has 0 aliphatic carbocycles. The topological polar surface area (TPSA) is 108 Å². The summed E-state index contributed by atoms with van der Waals surface area (Å²) in [7, 11) is 0. The minimum absolute atomic E-state index is 0.130. The molecule has 9 heteroatoms. The van der Waals surface area contributed by atoms with Gasteiger partial charge in [0.15, 0.2) is 0 Å². The molecule has 0 saturated heterocycles. The highest BCUT2D eigenvalue weighted by atomic mass is 16.6. The highest BCUT2D eigenvalue weighted by Crippen LogP contribution is 2.20. The summed E-state index contributed by atoms with van der Waals surface area (Å²) in [5.74, 6) is -0.230. The van der Waals surface area contributed by atoms with E-state index in [4.69, 9.17) is 0 Å². The van der Waals surface area contributed by atoms with E-state index in [-0.39, 0.29) is 17.6 Å². The second kappa shape index (κ2) is 7.24. The second-order valence-electron chi connectivity index (χ2n) is 5.62.